The Morgan fingerprint density at radius 3 is 2.07 bits per heavy atom. The van der Waals surface area contributed by atoms with Gasteiger partial charge < -0.3 is 5.32 Å². The predicted molar refractivity (Wildman–Crippen MR) is 98.2 cm³/mol. The molecule has 2 aromatic carbocycles. The third-order valence-corrected chi connectivity index (χ3v) is 4.81. The molecular formula is C21H23F3N2O. The van der Waals surface area contributed by atoms with Crippen LogP contribution < -0.4 is 5.32 Å². The van der Waals surface area contributed by atoms with Gasteiger partial charge in [-0.3, -0.25) is 9.69 Å². The maximum absolute atomic E-state index is 12.6. The number of nitrogens with zero attached hydrogens (tertiary/aromatic N) is 1. The SMILES string of the molecule is O=C(NCc1ccc(C(F)(F)F)cc1)c1ccc(CN2CCCCC2)cc1. The first-order valence-corrected chi connectivity index (χ1v) is 9.17. The predicted octanol–water partition coefficient (Wildman–Crippen LogP) is 4.62. The number of likely N-dealkylation sites (tertiary alicyclic amines) is 1. The van der Waals surface area contributed by atoms with Gasteiger partial charge in [0.25, 0.3) is 5.91 Å². The third kappa shape index (κ3) is 5.57. The molecule has 1 aliphatic heterocycles. The van der Waals surface area contributed by atoms with Gasteiger partial charge in [0.05, 0.1) is 5.56 Å². The maximum Gasteiger partial charge on any atom is 0.416 e. The summed E-state index contributed by atoms with van der Waals surface area (Å²) in [5.74, 6) is -0.237. The number of rotatable bonds is 5. The van der Waals surface area contributed by atoms with Crippen molar-refractivity contribution < 1.29 is 18.0 Å². The van der Waals surface area contributed by atoms with Gasteiger partial charge >= 0.3 is 6.18 Å². The summed E-state index contributed by atoms with van der Waals surface area (Å²) in [5, 5.41) is 2.74. The van der Waals surface area contributed by atoms with Crippen LogP contribution in [0.3, 0.4) is 0 Å². The molecule has 27 heavy (non-hydrogen) atoms. The van der Waals surface area contributed by atoms with Crippen molar-refractivity contribution in [3.05, 3.63) is 70.8 Å². The number of piperidine rings is 1. The van der Waals surface area contributed by atoms with Gasteiger partial charge in [-0.15, -0.1) is 0 Å². The fraction of sp³-hybridized carbons (Fsp3) is 0.381. The number of benzene rings is 2. The Hall–Kier alpha value is -2.34. The molecule has 1 amide bonds. The van der Waals surface area contributed by atoms with Crippen LogP contribution in [0, 0.1) is 0 Å². The number of halogens is 3. The van der Waals surface area contributed by atoms with E-state index < -0.39 is 11.7 Å². The average Bonchev–Trinajstić information content (AvgIpc) is 2.67. The second kappa shape index (κ2) is 8.57. The number of carbonyl (C=O) groups excluding carboxylic acids is 1. The Kier molecular flexibility index (Phi) is 6.16. The quantitative estimate of drug-likeness (QED) is 0.826. The number of hydrogen-bond donors (Lipinski definition) is 1. The molecule has 0 radical (unpaired) electrons. The summed E-state index contributed by atoms with van der Waals surface area (Å²) in [6.07, 6.45) is -0.568. The average molecular weight is 376 g/mol. The molecule has 0 aromatic heterocycles. The molecule has 0 saturated carbocycles. The Morgan fingerprint density at radius 2 is 1.48 bits per heavy atom. The van der Waals surface area contributed by atoms with E-state index in [-0.39, 0.29) is 12.5 Å². The molecule has 1 fully saturated rings. The topological polar surface area (TPSA) is 32.3 Å². The number of alkyl halides is 3. The lowest BCUT2D eigenvalue weighted by atomic mass is 10.1. The van der Waals surface area contributed by atoms with Crippen LogP contribution in [0.5, 0.6) is 0 Å². The van der Waals surface area contributed by atoms with Crippen LogP contribution in [-0.4, -0.2) is 23.9 Å². The molecule has 0 aliphatic carbocycles. The number of hydrogen-bond acceptors (Lipinski definition) is 2. The summed E-state index contributed by atoms with van der Waals surface area (Å²) in [6.45, 7) is 3.32. The van der Waals surface area contributed by atoms with Crippen LogP contribution in [0.2, 0.25) is 0 Å². The molecule has 0 bridgehead atoms. The number of carbonyl (C=O) groups is 1. The van der Waals surface area contributed by atoms with Crippen LogP contribution in [0.15, 0.2) is 48.5 Å². The van der Waals surface area contributed by atoms with Crippen molar-refractivity contribution >= 4 is 5.91 Å². The lowest BCUT2D eigenvalue weighted by molar-refractivity contribution is -0.137. The Morgan fingerprint density at radius 1 is 0.889 bits per heavy atom. The van der Waals surface area contributed by atoms with Gasteiger partial charge in [-0.2, -0.15) is 13.2 Å². The smallest absolute Gasteiger partial charge is 0.348 e. The fourth-order valence-corrected chi connectivity index (χ4v) is 3.23. The van der Waals surface area contributed by atoms with Crippen LogP contribution >= 0.6 is 0 Å². The van der Waals surface area contributed by atoms with E-state index in [1.165, 1.54) is 37.0 Å². The highest BCUT2D eigenvalue weighted by Crippen LogP contribution is 2.29. The Bertz CT molecular complexity index is 748. The molecule has 1 N–H and O–H groups in total. The van der Waals surface area contributed by atoms with Gasteiger partial charge in [-0.05, 0) is 61.3 Å². The summed E-state index contributed by atoms with van der Waals surface area (Å²) in [6, 6.07) is 12.3. The number of nitrogens with one attached hydrogen (secondary N) is 1. The zero-order valence-electron chi connectivity index (χ0n) is 15.1. The molecule has 144 valence electrons. The molecular weight excluding hydrogens is 353 g/mol. The largest absolute Gasteiger partial charge is 0.416 e. The second-order valence-corrected chi connectivity index (χ2v) is 6.91. The van der Waals surface area contributed by atoms with E-state index in [4.69, 9.17) is 0 Å². The van der Waals surface area contributed by atoms with Gasteiger partial charge in [0, 0.05) is 18.7 Å². The molecule has 2 aromatic rings. The molecule has 1 aliphatic rings. The van der Waals surface area contributed by atoms with Crippen LogP contribution in [0.1, 0.15) is 46.3 Å². The van der Waals surface area contributed by atoms with Crippen molar-refractivity contribution in [3.8, 4) is 0 Å². The van der Waals surface area contributed by atoms with E-state index in [0.29, 0.717) is 11.1 Å². The van der Waals surface area contributed by atoms with E-state index in [1.807, 2.05) is 12.1 Å². The van der Waals surface area contributed by atoms with Crippen molar-refractivity contribution in [2.24, 2.45) is 0 Å². The van der Waals surface area contributed by atoms with E-state index in [2.05, 4.69) is 10.2 Å². The maximum atomic E-state index is 12.6. The minimum atomic E-state index is -4.35. The first-order chi connectivity index (χ1) is 12.9. The van der Waals surface area contributed by atoms with Crippen molar-refractivity contribution in [1.29, 1.82) is 0 Å². The minimum Gasteiger partial charge on any atom is -0.348 e. The summed E-state index contributed by atoms with van der Waals surface area (Å²) in [4.78, 5) is 14.7. The summed E-state index contributed by atoms with van der Waals surface area (Å²) < 4.78 is 37.7. The summed E-state index contributed by atoms with van der Waals surface area (Å²) in [5.41, 5.74) is 1.65. The molecule has 0 spiro atoms. The molecule has 1 saturated heterocycles. The summed E-state index contributed by atoms with van der Waals surface area (Å²) >= 11 is 0. The van der Waals surface area contributed by atoms with E-state index in [9.17, 15) is 18.0 Å². The lowest BCUT2D eigenvalue weighted by Gasteiger charge is -2.26. The van der Waals surface area contributed by atoms with Gasteiger partial charge in [0.1, 0.15) is 0 Å². The minimum absolute atomic E-state index is 0.187. The van der Waals surface area contributed by atoms with Gasteiger partial charge in [-0.1, -0.05) is 30.7 Å². The lowest BCUT2D eigenvalue weighted by Crippen LogP contribution is -2.29. The van der Waals surface area contributed by atoms with Crippen molar-refractivity contribution in [2.45, 2.75) is 38.5 Å². The first-order valence-electron chi connectivity index (χ1n) is 9.17. The molecule has 6 heteroatoms. The van der Waals surface area contributed by atoms with Gasteiger partial charge in [-0.25, -0.2) is 0 Å². The van der Waals surface area contributed by atoms with Gasteiger partial charge in [0.15, 0.2) is 0 Å². The zero-order valence-corrected chi connectivity index (χ0v) is 15.1. The molecule has 3 rings (SSSR count). The molecule has 0 atom stereocenters. The fourth-order valence-electron chi connectivity index (χ4n) is 3.23. The standard InChI is InChI=1S/C21H23F3N2O/c22-21(23,24)19-10-6-16(7-11-19)14-25-20(27)18-8-4-17(5-9-18)15-26-12-2-1-3-13-26/h4-11H,1-3,12-15H2,(H,25,27). The Labute approximate surface area is 157 Å². The second-order valence-electron chi connectivity index (χ2n) is 6.91. The van der Waals surface area contributed by atoms with Crippen molar-refractivity contribution in [3.63, 3.8) is 0 Å². The third-order valence-electron chi connectivity index (χ3n) is 4.81. The van der Waals surface area contributed by atoms with Crippen LogP contribution in [-0.2, 0) is 19.3 Å². The van der Waals surface area contributed by atoms with Crippen LogP contribution in [0.4, 0.5) is 13.2 Å². The number of amides is 1. The van der Waals surface area contributed by atoms with Crippen molar-refractivity contribution in [1.82, 2.24) is 10.2 Å². The van der Waals surface area contributed by atoms with Gasteiger partial charge in [0.2, 0.25) is 0 Å². The van der Waals surface area contributed by atoms with E-state index in [0.717, 1.165) is 31.8 Å². The first kappa shape index (κ1) is 19.4. The highest BCUT2D eigenvalue weighted by Gasteiger charge is 2.29. The molecule has 3 nitrogen and oxygen atoms in total. The normalized spacial score (nSPS) is 15.5. The molecule has 0 unspecified atom stereocenters. The zero-order chi connectivity index (χ0) is 19.3. The van der Waals surface area contributed by atoms with E-state index in [1.54, 1.807) is 12.1 Å². The highest BCUT2D eigenvalue weighted by molar-refractivity contribution is 5.94. The van der Waals surface area contributed by atoms with E-state index >= 15 is 0 Å². The highest BCUT2D eigenvalue weighted by atomic mass is 19.4. The summed E-state index contributed by atoms with van der Waals surface area (Å²) in [7, 11) is 0. The van der Waals surface area contributed by atoms with Crippen LogP contribution in [0.25, 0.3) is 0 Å². The van der Waals surface area contributed by atoms with Crippen molar-refractivity contribution in [2.75, 3.05) is 13.1 Å². The Balaban J connectivity index is 1.51. The monoisotopic (exact) mass is 376 g/mol. The molecule has 1 heterocycles.